The first-order valence-electron chi connectivity index (χ1n) is 20.6. The van der Waals surface area contributed by atoms with Crippen molar-refractivity contribution in [1.29, 1.82) is 0 Å². The van der Waals surface area contributed by atoms with Gasteiger partial charge in [0.05, 0.1) is 25.0 Å². The van der Waals surface area contributed by atoms with E-state index in [0.29, 0.717) is 37.2 Å². The summed E-state index contributed by atoms with van der Waals surface area (Å²) in [6.45, 7) is 6.10. The molecule has 0 saturated heterocycles. The minimum absolute atomic E-state index is 0.0136. The number of fused-ring (bicyclic) bond motifs is 5. The second-order valence-corrected chi connectivity index (χ2v) is 19.8. The lowest BCUT2D eigenvalue weighted by Gasteiger charge is -2.56. The van der Waals surface area contributed by atoms with Gasteiger partial charge in [-0.2, -0.15) is 23.5 Å². The van der Waals surface area contributed by atoms with Crippen LogP contribution in [0.15, 0.2) is 23.8 Å². The number of Topliss-reactive ketones (excluding diaryl/α,β-unsaturated/α-hetero) is 4. The third-order valence-corrected chi connectivity index (χ3v) is 17.0. The number of allylic oxidation sites excluding steroid dienone is 4. The van der Waals surface area contributed by atoms with E-state index in [9.17, 15) is 48.6 Å². The monoisotopic (exact) mass is 845 g/mol. The first-order chi connectivity index (χ1) is 27.4. The van der Waals surface area contributed by atoms with Crippen LogP contribution in [0.4, 0.5) is 0 Å². The van der Waals surface area contributed by atoms with Crippen LogP contribution in [0, 0.1) is 40.4 Å². The maximum absolute atomic E-state index is 13.9. The maximum atomic E-state index is 13.9. The molecular weight excluding hydrogens is 787 g/mol. The Hall–Kier alpha value is -3.14. The third kappa shape index (κ3) is 10.1. The molecule has 4 saturated carbocycles. The van der Waals surface area contributed by atoms with Gasteiger partial charge in [-0.3, -0.25) is 38.4 Å². The number of ketones is 5. The van der Waals surface area contributed by atoms with Gasteiger partial charge in [0.25, 0.3) is 0 Å². The standard InChI is InChI=1S/C43H59NO12S2/c1-5-26(40(52)53)23-57-34-8-9-35(34)58-24-27(18-30(47)13-17-55-16-12-25(2)45)39(51)44-21-37(50)56-22-36(49)43(54)15-11-32-31-7-6-28-19-29(46)10-14-41(28,3)38(31)33(48)20-42(32,43)4/h10,14,19,26-27,31-32,34-35,38,54H,5-9,11-13,15-18,20-24H2,1-4H3,(H,44,51)(H,52,53)/t26?,27?,31?,32?,34?,35?,38?,41-,42-,43-/m0/s1. The highest BCUT2D eigenvalue weighted by molar-refractivity contribution is 8.04. The van der Waals surface area contributed by atoms with E-state index in [1.165, 1.54) is 13.0 Å². The molecule has 58 heavy (non-hydrogen) atoms. The van der Waals surface area contributed by atoms with Crippen LogP contribution in [0.1, 0.15) is 98.3 Å². The van der Waals surface area contributed by atoms with Crippen molar-refractivity contribution >= 4 is 70.3 Å². The Morgan fingerprint density at radius 1 is 0.966 bits per heavy atom. The molecule has 3 N–H and O–H groups in total. The van der Waals surface area contributed by atoms with E-state index in [4.69, 9.17) is 9.47 Å². The van der Waals surface area contributed by atoms with Crippen molar-refractivity contribution in [3.05, 3.63) is 23.8 Å². The Morgan fingerprint density at radius 3 is 2.28 bits per heavy atom. The number of rotatable bonds is 22. The van der Waals surface area contributed by atoms with Gasteiger partial charge in [-0.1, -0.05) is 32.4 Å². The lowest BCUT2D eigenvalue weighted by atomic mass is 9.46. The van der Waals surface area contributed by atoms with Crippen molar-refractivity contribution in [2.45, 2.75) is 114 Å². The number of esters is 1. The Kier molecular flexibility index (Phi) is 15.4. The molecule has 0 bridgehead atoms. The second kappa shape index (κ2) is 19.5. The summed E-state index contributed by atoms with van der Waals surface area (Å²) < 4.78 is 10.7. The maximum Gasteiger partial charge on any atom is 0.325 e. The number of hydrogen-bond donors (Lipinski definition) is 3. The molecule has 0 radical (unpaired) electrons. The zero-order chi connectivity index (χ0) is 42.4. The minimum atomic E-state index is -1.89. The van der Waals surface area contributed by atoms with E-state index in [-0.39, 0.29) is 96.7 Å². The fraction of sp³-hybridized carbons (Fsp3) is 0.721. The lowest BCUT2D eigenvalue weighted by molar-refractivity contribution is -0.172. The number of aliphatic carboxylic acids is 1. The van der Waals surface area contributed by atoms with Crippen molar-refractivity contribution < 1.29 is 58.0 Å². The largest absolute Gasteiger partial charge is 0.481 e. The number of aliphatic hydroxyl groups is 1. The predicted octanol–water partition coefficient (Wildman–Crippen LogP) is 4.50. The zero-order valence-electron chi connectivity index (χ0n) is 34.1. The van der Waals surface area contributed by atoms with Gasteiger partial charge in [-0.15, -0.1) is 0 Å². The molecule has 320 valence electrons. The van der Waals surface area contributed by atoms with E-state index >= 15 is 0 Å². The summed E-state index contributed by atoms with van der Waals surface area (Å²) in [5, 5.41) is 24.4. The Balaban J connectivity index is 1.14. The zero-order valence-corrected chi connectivity index (χ0v) is 35.7. The van der Waals surface area contributed by atoms with Crippen molar-refractivity contribution in [1.82, 2.24) is 5.32 Å². The van der Waals surface area contributed by atoms with Crippen LogP contribution in [-0.4, -0.2) is 111 Å². The summed E-state index contributed by atoms with van der Waals surface area (Å²) >= 11 is 3.17. The number of hydrogen-bond acceptors (Lipinski definition) is 13. The van der Waals surface area contributed by atoms with E-state index in [0.717, 1.165) is 18.4 Å². The van der Waals surface area contributed by atoms with Crippen molar-refractivity contribution in [3.8, 4) is 0 Å². The molecule has 15 heteroatoms. The molecule has 4 fully saturated rings. The van der Waals surface area contributed by atoms with E-state index in [1.807, 2.05) is 19.9 Å². The molecular formula is C43H59NO12S2. The summed E-state index contributed by atoms with van der Waals surface area (Å²) in [5.74, 6) is -4.28. The van der Waals surface area contributed by atoms with Gasteiger partial charge in [-0.05, 0) is 75.9 Å². The second-order valence-electron chi connectivity index (χ2n) is 17.3. The molecule has 0 spiro atoms. The Morgan fingerprint density at radius 2 is 1.64 bits per heavy atom. The van der Waals surface area contributed by atoms with Crippen LogP contribution in [0.3, 0.4) is 0 Å². The average Bonchev–Trinajstić information content (AvgIpc) is 3.43. The molecule has 0 heterocycles. The molecule has 7 unspecified atom stereocenters. The van der Waals surface area contributed by atoms with Crippen LogP contribution >= 0.6 is 23.5 Å². The lowest BCUT2D eigenvalue weighted by Crippen LogP contribution is -2.60. The first-order valence-corrected chi connectivity index (χ1v) is 22.7. The highest BCUT2D eigenvalue weighted by Crippen LogP contribution is 2.66. The molecule has 5 aliphatic rings. The van der Waals surface area contributed by atoms with Crippen LogP contribution in [-0.2, 0) is 47.8 Å². The van der Waals surface area contributed by atoms with Crippen LogP contribution in [0.25, 0.3) is 0 Å². The highest BCUT2D eigenvalue weighted by atomic mass is 32.2. The summed E-state index contributed by atoms with van der Waals surface area (Å²) in [7, 11) is 0. The van der Waals surface area contributed by atoms with Crippen molar-refractivity contribution in [2.24, 2.45) is 40.4 Å². The summed E-state index contributed by atoms with van der Waals surface area (Å²) in [4.78, 5) is 102. The fourth-order valence-electron chi connectivity index (χ4n) is 9.88. The van der Waals surface area contributed by atoms with E-state index in [1.54, 1.807) is 36.5 Å². The quantitative estimate of drug-likeness (QED) is 0.101. The fourth-order valence-corrected chi connectivity index (χ4v) is 13.3. The number of carboxylic acids is 1. The number of ether oxygens (including phenoxy) is 2. The molecule has 1 amide bonds. The number of carbonyl (C=O) groups is 8. The summed E-state index contributed by atoms with van der Waals surface area (Å²) in [6, 6.07) is 0. The van der Waals surface area contributed by atoms with Gasteiger partial charge in [0.2, 0.25) is 11.7 Å². The van der Waals surface area contributed by atoms with E-state index in [2.05, 4.69) is 5.32 Å². The Bertz CT molecular complexity index is 1710. The molecule has 0 aromatic heterocycles. The topological polar surface area (TPSA) is 208 Å². The normalized spacial score (nSPS) is 32.1. The van der Waals surface area contributed by atoms with E-state index < -0.39 is 65.0 Å². The highest BCUT2D eigenvalue weighted by Gasteiger charge is 2.68. The van der Waals surface area contributed by atoms with Crippen molar-refractivity contribution in [3.63, 3.8) is 0 Å². The Labute approximate surface area is 349 Å². The van der Waals surface area contributed by atoms with Crippen LogP contribution in [0.5, 0.6) is 0 Å². The van der Waals surface area contributed by atoms with Gasteiger partial charge < -0.3 is 25.0 Å². The van der Waals surface area contributed by atoms with Crippen LogP contribution in [0.2, 0.25) is 0 Å². The molecule has 10 atom stereocenters. The third-order valence-electron chi connectivity index (χ3n) is 13.6. The molecule has 0 aromatic carbocycles. The molecule has 5 rings (SSSR count). The summed E-state index contributed by atoms with van der Waals surface area (Å²) in [6.07, 6.45) is 9.54. The molecule has 13 nitrogen and oxygen atoms in total. The van der Waals surface area contributed by atoms with Gasteiger partial charge in [0, 0.05) is 64.4 Å². The van der Waals surface area contributed by atoms with Gasteiger partial charge >= 0.3 is 11.9 Å². The number of carboxylic acid groups (broad SMARTS) is 1. The van der Waals surface area contributed by atoms with Gasteiger partial charge in [-0.25, -0.2) is 0 Å². The summed E-state index contributed by atoms with van der Waals surface area (Å²) in [5.41, 5.74) is -2.59. The molecule has 0 aromatic rings. The SMILES string of the molecule is CCC(CSC1CCC1SCC(CC(=O)CCOCCC(C)=O)C(=O)NCC(=O)OCC(=O)[C@@]1(O)CCC2C3CCC4=CC(=O)C=C[C@]4(C)C3C(=O)C[C@@]21C)C(=O)O. The minimum Gasteiger partial charge on any atom is -0.481 e. The van der Waals surface area contributed by atoms with Crippen LogP contribution < -0.4 is 5.32 Å². The molecule has 0 aliphatic heterocycles. The first kappa shape index (κ1) is 45.9. The van der Waals surface area contributed by atoms with Crippen molar-refractivity contribution in [2.75, 3.05) is 37.9 Å². The number of amides is 1. The average molecular weight is 846 g/mol. The van der Waals surface area contributed by atoms with Gasteiger partial charge in [0.1, 0.15) is 29.5 Å². The smallest absolute Gasteiger partial charge is 0.325 e. The van der Waals surface area contributed by atoms with Gasteiger partial charge in [0.15, 0.2) is 12.4 Å². The number of carbonyl (C=O) groups excluding carboxylic acids is 7. The molecule has 5 aliphatic carbocycles. The predicted molar refractivity (Wildman–Crippen MR) is 218 cm³/mol. The number of nitrogens with one attached hydrogen (secondary N) is 1. The number of thioether (sulfide) groups is 2.